The molecule has 0 aliphatic heterocycles. The number of benzene rings is 1. The summed E-state index contributed by atoms with van der Waals surface area (Å²) >= 11 is 0. The Morgan fingerprint density at radius 3 is 2.83 bits per heavy atom. The van der Waals surface area contributed by atoms with Crippen LogP contribution in [0.2, 0.25) is 0 Å². The van der Waals surface area contributed by atoms with E-state index in [4.69, 9.17) is 0 Å². The van der Waals surface area contributed by atoms with Crippen LogP contribution < -0.4 is 15.5 Å². The molecule has 0 aliphatic rings. The number of ether oxygens (including phenoxy) is 1. The molecular weight excluding hydrogens is 251 g/mol. The van der Waals surface area contributed by atoms with Gasteiger partial charge in [0.15, 0.2) is 0 Å². The first-order chi connectivity index (χ1) is 8.60. The molecule has 0 spiro atoms. The Kier molecular flexibility index (Phi) is 5.59. The zero-order chi connectivity index (χ0) is 13.5. The van der Waals surface area contributed by atoms with Crippen molar-refractivity contribution in [1.29, 1.82) is 0 Å². The molecule has 5 nitrogen and oxygen atoms in total. The largest absolute Gasteiger partial charge is 0.465 e. The van der Waals surface area contributed by atoms with Crippen LogP contribution >= 0.6 is 9.24 Å². The summed E-state index contributed by atoms with van der Waals surface area (Å²) < 4.78 is 4.66. The topological polar surface area (TPSA) is 58.6 Å². The van der Waals surface area contributed by atoms with Gasteiger partial charge in [-0.2, -0.15) is 0 Å². The average Bonchev–Trinajstić information content (AvgIpc) is 2.37. The summed E-state index contributed by atoms with van der Waals surface area (Å²) in [7, 11) is 5.87. The van der Waals surface area contributed by atoms with E-state index in [9.17, 15) is 9.59 Å². The SMILES string of the molecule is COC(=O)c1ccc(N(C)CCNC=O)c(P)c1. The molecule has 18 heavy (non-hydrogen) atoms. The maximum absolute atomic E-state index is 11.4. The zero-order valence-electron chi connectivity index (χ0n) is 10.5. The minimum Gasteiger partial charge on any atom is -0.465 e. The maximum Gasteiger partial charge on any atom is 0.337 e. The Labute approximate surface area is 109 Å². The van der Waals surface area contributed by atoms with Crippen molar-refractivity contribution in [3.05, 3.63) is 23.8 Å². The van der Waals surface area contributed by atoms with Gasteiger partial charge < -0.3 is 15.0 Å². The first-order valence-electron chi connectivity index (χ1n) is 5.46. The Bertz CT molecular complexity index is 437. The molecule has 0 heterocycles. The van der Waals surface area contributed by atoms with Gasteiger partial charge in [0, 0.05) is 25.8 Å². The van der Waals surface area contributed by atoms with E-state index in [1.54, 1.807) is 12.1 Å². The number of nitrogens with one attached hydrogen (secondary N) is 1. The number of anilines is 1. The summed E-state index contributed by atoms with van der Waals surface area (Å²) in [5.41, 5.74) is 1.51. The number of likely N-dealkylation sites (N-methyl/N-ethyl adjacent to an activating group) is 1. The summed E-state index contributed by atoms with van der Waals surface area (Å²) in [5.74, 6) is -0.351. The molecule has 0 radical (unpaired) electrons. The molecule has 1 atom stereocenters. The molecule has 0 fully saturated rings. The number of methoxy groups -OCH3 is 1. The van der Waals surface area contributed by atoms with Crippen molar-refractivity contribution in [2.45, 2.75) is 0 Å². The average molecular weight is 268 g/mol. The molecule has 1 aromatic rings. The highest BCUT2D eigenvalue weighted by molar-refractivity contribution is 7.28. The number of carbonyl (C=O) groups excluding carboxylic acids is 2. The molecule has 0 saturated carbocycles. The van der Waals surface area contributed by atoms with Crippen molar-refractivity contribution in [1.82, 2.24) is 5.32 Å². The summed E-state index contributed by atoms with van der Waals surface area (Å²) in [5, 5.41) is 3.51. The van der Waals surface area contributed by atoms with Crippen molar-refractivity contribution in [3.8, 4) is 0 Å². The fraction of sp³-hybridized carbons (Fsp3) is 0.333. The van der Waals surface area contributed by atoms with Crippen molar-refractivity contribution in [3.63, 3.8) is 0 Å². The molecular formula is C12H17N2O3P. The van der Waals surface area contributed by atoms with E-state index in [1.807, 2.05) is 18.0 Å². The molecule has 0 aliphatic carbocycles. The lowest BCUT2D eigenvalue weighted by Crippen LogP contribution is -2.30. The van der Waals surface area contributed by atoms with E-state index < -0.39 is 0 Å². The highest BCUT2D eigenvalue weighted by Gasteiger charge is 2.09. The molecule has 98 valence electrons. The number of esters is 1. The lowest BCUT2D eigenvalue weighted by molar-refractivity contribution is -0.109. The van der Waals surface area contributed by atoms with Gasteiger partial charge in [-0.25, -0.2) is 4.79 Å². The summed E-state index contributed by atoms with van der Waals surface area (Å²) in [6.07, 6.45) is 0.676. The van der Waals surface area contributed by atoms with E-state index in [1.165, 1.54) is 7.11 Å². The second kappa shape index (κ2) is 6.97. The third-order valence-electron chi connectivity index (χ3n) is 2.53. The zero-order valence-corrected chi connectivity index (χ0v) is 11.6. The minimum absolute atomic E-state index is 0.351. The lowest BCUT2D eigenvalue weighted by Gasteiger charge is -2.21. The smallest absolute Gasteiger partial charge is 0.337 e. The second-order valence-electron chi connectivity index (χ2n) is 3.76. The predicted octanol–water partition coefficient (Wildman–Crippen LogP) is 0.156. The Morgan fingerprint density at radius 2 is 2.28 bits per heavy atom. The first kappa shape index (κ1) is 14.5. The molecule has 1 amide bonds. The number of rotatable bonds is 6. The predicted molar refractivity (Wildman–Crippen MR) is 74.5 cm³/mol. The number of hydrogen-bond donors (Lipinski definition) is 1. The minimum atomic E-state index is -0.351. The van der Waals surface area contributed by atoms with E-state index >= 15 is 0 Å². The third-order valence-corrected chi connectivity index (χ3v) is 3.00. The number of nitrogens with zero attached hydrogens (tertiary/aromatic N) is 1. The van der Waals surface area contributed by atoms with E-state index in [-0.39, 0.29) is 5.97 Å². The van der Waals surface area contributed by atoms with E-state index in [0.717, 1.165) is 11.0 Å². The van der Waals surface area contributed by atoms with Crippen LogP contribution in [0.4, 0.5) is 5.69 Å². The van der Waals surface area contributed by atoms with E-state index in [0.29, 0.717) is 25.1 Å². The lowest BCUT2D eigenvalue weighted by atomic mass is 10.2. The van der Waals surface area contributed by atoms with Crippen LogP contribution in [0.15, 0.2) is 18.2 Å². The number of carbonyl (C=O) groups is 2. The molecule has 0 saturated heterocycles. The maximum atomic E-state index is 11.4. The van der Waals surface area contributed by atoms with Crippen molar-refractivity contribution in [2.24, 2.45) is 0 Å². The second-order valence-corrected chi connectivity index (χ2v) is 4.38. The highest BCUT2D eigenvalue weighted by Crippen LogP contribution is 2.14. The Hall–Kier alpha value is -1.61. The molecule has 6 heteroatoms. The van der Waals surface area contributed by atoms with Gasteiger partial charge in [0.25, 0.3) is 0 Å². The monoisotopic (exact) mass is 268 g/mol. The van der Waals surface area contributed by atoms with Gasteiger partial charge in [0.1, 0.15) is 0 Å². The third kappa shape index (κ3) is 3.70. The first-order valence-corrected chi connectivity index (χ1v) is 6.04. The highest BCUT2D eigenvalue weighted by atomic mass is 31.0. The van der Waals surface area contributed by atoms with Crippen LogP contribution in [0.25, 0.3) is 0 Å². The normalized spacial score (nSPS) is 9.72. The fourth-order valence-corrected chi connectivity index (χ4v) is 2.05. The van der Waals surface area contributed by atoms with Gasteiger partial charge in [0.05, 0.1) is 12.7 Å². The Balaban J connectivity index is 2.78. The van der Waals surface area contributed by atoms with Crippen LogP contribution in [0.5, 0.6) is 0 Å². The molecule has 0 bridgehead atoms. The van der Waals surface area contributed by atoms with Gasteiger partial charge in [0.2, 0.25) is 6.41 Å². The van der Waals surface area contributed by atoms with Crippen molar-refractivity contribution >= 4 is 32.6 Å². The van der Waals surface area contributed by atoms with Crippen LogP contribution in [0.1, 0.15) is 10.4 Å². The van der Waals surface area contributed by atoms with E-state index in [2.05, 4.69) is 19.3 Å². The molecule has 1 rings (SSSR count). The summed E-state index contributed by atoms with van der Waals surface area (Å²) in [4.78, 5) is 23.5. The van der Waals surface area contributed by atoms with Gasteiger partial charge in [-0.1, -0.05) is 0 Å². The van der Waals surface area contributed by atoms with Crippen molar-refractivity contribution in [2.75, 3.05) is 32.1 Å². The van der Waals surface area contributed by atoms with Gasteiger partial charge in [-0.3, -0.25) is 4.79 Å². The molecule has 1 N–H and O–H groups in total. The Morgan fingerprint density at radius 1 is 1.56 bits per heavy atom. The fourth-order valence-electron chi connectivity index (χ4n) is 1.56. The van der Waals surface area contributed by atoms with Gasteiger partial charge in [-0.15, -0.1) is 9.24 Å². The van der Waals surface area contributed by atoms with Crippen LogP contribution in [-0.2, 0) is 9.53 Å². The number of hydrogen-bond acceptors (Lipinski definition) is 4. The standard InChI is InChI=1S/C12H17N2O3P/c1-14(6-5-13-8-15)10-4-3-9(7-11(10)18)12(16)17-2/h3-4,7-8H,5-6,18H2,1-2H3,(H,13,15). The summed E-state index contributed by atoms with van der Waals surface area (Å²) in [6, 6.07) is 5.34. The van der Waals surface area contributed by atoms with Gasteiger partial charge >= 0.3 is 5.97 Å². The van der Waals surface area contributed by atoms with Crippen molar-refractivity contribution < 1.29 is 14.3 Å². The van der Waals surface area contributed by atoms with Crippen LogP contribution in [-0.4, -0.2) is 39.6 Å². The van der Waals surface area contributed by atoms with Crippen LogP contribution in [0, 0.1) is 0 Å². The van der Waals surface area contributed by atoms with Gasteiger partial charge in [-0.05, 0) is 23.5 Å². The number of amides is 1. The molecule has 0 aromatic heterocycles. The van der Waals surface area contributed by atoms with Crippen LogP contribution in [0.3, 0.4) is 0 Å². The molecule has 1 aromatic carbocycles. The quantitative estimate of drug-likeness (QED) is 0.345. The molecule has 1 unspecified atom stereocenters. The summed E-state index contributed by atoms with van der Waals surface area (Å²) in [6.45, 7) is 1.26.